The van der Waals surface area contributed by atoms with Crippen LogP contribution in [0.1, 0.15) is 39.0 Å². The summed E-state index contributed by atoms with van der Waals surface area (Å²) in [6.45, 7) is 0.597. The molecule has 2 N–H and O–H groups in total. The van der Waals surface area contributed by atoms with E-state index in [1.54, 1.807) is 0 Å². The Morgan fingerprint density at radius 2 is 1.86 bits per heavy atom. The van der Waals surface area contributed by atoms with Crippen molar-refractivity contribution in [2.24, 2.45) is 5.92 Å². The van der Waals surface area contributed by atoms with Gasteiger partial charge in [-0.25, -0.2) is 9.59 Å². The number of carboxylic acid groups (broad SMARTS) is 1. The molecule has 0 heterocycles. The van der Waals surface area contributed by atoms with Crippen LogP contribution in [0, 0.1) is 5.92 Å². The second-order valence-electron chi connectivity index (χ2n) is 5.64. The highest BCUT2D eigenvalue weighted by Crippen LogP contribution is 2.34. The quantitative estimate of drug-likeness (QED) is 0.838. The molecule has 21 heavy (non-hydrogen) atoms. The van der Waals surface area contributed by atoms with Gasteiger partial charge in [0.05, 0.1) is 0 Å². The van der Waals surface area contributed by atoms with Crippen molar-refractivity contribution < 1.29 is 27.9 Å². The van der Waals surface area contributed by atoms with E-state index < -0.39 is 30.3 Å². The van der Waals surface area contributed by atoms with Crippen molar-refractivity contribution in [2.75, 3.05) is 13.6 Å². The SMILES string of the molecule is CCC1CCC(NC(=O)N(C)CC(F)(F)F)(C(=O)O)CC1. The van der Waals surface area contributed by atoms with Crippen LogP contribution in [0.3, 0.4) is 0 Å². The van der Waals surface area contributed by atoms with Crippen molar-refractivity contribution in [2.45, 2.75) is 50.7 Å². The average molecular weight is 310 g/mol. The molecule has 0 radical (unpaired) electrons. The van der Waals surface area contributed by atoms with E-state index in [0.29, 0.717) is 23.7 Å². The van der Waals surface area contributed by atoms with Crippen LogP contribution in [0.15, 0.2) is 0 Å². The summed E-state index contributed by atoms with van der Waals surface area (Å²) in [4.78, 5) is 23.7. The van der Waals surface area contributed by atoms with Crippen molar-refractivity contribution >= 4 is 12.0 Å². The van der Waals surface area contributed by atoms with E-state index in [9.17, 15) is 27.9 Å². The predicted octanol–water partition coefficient (Wildman–Crippen LogP) is 2.61. The molecule has 0 unspecified atom stereocenters. The number of carbonyl (C=O) groups is 2. The zero-order chi connectivity index (χ0) is 16.3. The summed E-state index contributed by atoms with van der Waals surface area (Å²) in [5, 5.41) is 11.6. The van der Waals surface area contributed by atoms with E-state index in [0.717, 1.165) is 13.5 Å². The molecular formula is C13H21F3N2O3. The summed E-state index contributed by atoms with van der Waals surface area (Å²) in [5.41, 5.74) is -1.46. The first-order valence-corrected chi connectivity index (χ1v) is 6.93. The Bertz CT molecular complexity index is 391. The molecule has 1 rings (SSSR count). The molecule has 2 amide bonds. The summed E-state index contributed by atoms with van der Waals surface area (Å²) in [5.74, 6) is -0.784. The highest BCUT2D eigenvalue weighted by atomic mass is 19.4. The van der Waals surface area contributed by atoms with Gasteiger partial charge in [0.25, 0.3) is 0 Å². The summed E-state index contributed by atoms with van der Waals surface area (Å²) in [6.07, 6.45) is -1.81. The van der Waals surface area contributed by atoms with Gasteiger partial charge in [0.2, 0.25) is 0 Å². The molecule has 1 saturated carbocycles. The summed E-state index contributed by atoms with van der Waals surface area (Å²) >= 11 is 0. The van der Waals surface area contributed by atoms with E-state index in [2.05, 4.69) is 5.32 Å². The maximum Gasteiger partial charge on any atom is 0.406 e. The number of carboxylic acids is 1. The van der Waals surface area contributed by atoms with Gasteiger partial charge in [0.1, 0.15) is 12.1 Å². The van der Waals surface area contributed by atoms with Gasteiger partial charge in [-0.1, -0.05) is 13.3 Å². The smallest absolute Gasteiger partial charge is 0.406 e. The third-order valence-electron chi connectivity index (χ3n) is 4.05. The van der Waals surface area contributed by atoms with E-state index in [1.165, 1.54) is 0 Å². The highest BCUT2D eigenvalue weighted by Gasteiger charge is 2.44. The number of rotatable bonds is 4. The van der Waals surface area contributed by atoms with Crippen LogP contribution in [-0.2, 0) is 4.79 Å². The van der Waals surface area contributed by atoms with E-state index in [4.69, 9.17) is 0 Å². The predicted molar refractivity (Wildman–Crippen MR) is 69.8 cm³/mol. The molecule has 0 saturated heterocycles. The van der Waals surface area contributed by atoms with Crippen LogP contribution in [0.25, 0.3) is 0 Å². The summed E-state index contributed by atoms with van der Waals surface area (Å²) < 4.78 is 36.8. The molecular weight excluding hydrogens is 289 g/mol. The van der Waals surface area contributed by atoms with Crippen LogP contribution >= 0.6 is 0 Å². The molecule has 8 heteroatoms. The number of alkyl halides is 3. The standard InChI is InChI=1S/C13H21F3N2O3/c1-3-9-4-6-12(7-5-9,10(19)20)17-11(21)18(2)8-13(14,15)16/h9H,3-8H2,1-2H3,(H,17,21)(H,19,20). The second kappa shape index (κ2) is 6.53. The maximum absolute atomic E-state index is 12.3. The Labute approximate surface area is 121 Å². The van der Waals surface area contributed by atoms with Gasteiger partial charge in [-0.2, -0.15) is 13.2 Å². The first-order chi connectivity index (χ1) is 9.59. The van der Waals surface area contributed by atoms with Gasteiger partial charge < -0.3 is 15.3 Å². The number of carbonyl (C=O) groups excluding carboxylic acids is 1. The molecule has 0 aliphatic heterocycles. The van der Waals surface area contributed by atoms with Crippen LogP contribution in [0.5, 0.6) is 0 Å². The van der Waals surface area contributed by atoms with Gasteiger partial charge in [-0.3, -0.25) is 0 Å². The fourth-order valence-corrected chi connectivity index (χ4v) is 2.61. The molecule has 0 bridgehead atoms. The number of nitrogens with one attached hydrogen (secondary N) is 1. The van der Waals surface area contributed by atoms with Gasteiger partial charge in [-0.15, -0.1) is 0 Å². The average Bonchev–Trinajstić information content (AvgIpc) is 2.37. The number of aliphatic carboxylic acids is 1. The Morgan fingerprint density at radius 1 is 1.33 bits per heavy atom. The number of hydrogen-bond acceptors (Lipinski definition) is 2. The molecule has 0 atom stereocenters. The van der Waals surface area contributed by atoms with E-state index >= 15 is 0 Å². The fraction of sp³-hybridized carbons (Fsp3) is 0.846. The molecule has 0 spiro atoms. The lowest BCUT2D eigenvalue weighted by Crippen LogP contribution is -2.59. The maximum atomic E-state index is 12.3. The first kappa shape index (κ1) is 17.6. The fourth-order valence-electron chi connectivity index (χ4n) is 2.61. The molecule has 1 aliphatic rings. The Hall–Kier alpha value is -1.47. The topological polar surface area (TPSA) is 69.6 Å². The molecule has 1 aliphatic carbocycles. The van der Waals surface area contributed by atoms with Crippen molar-refractivity contribution in [3.05, 3.63) is 0 Å². The first-order valence-electron chi connectivity index (χ1n) is 6.93. The van der Waals surface area contributed by atoms with Crippen molar-refractivity contribution in [3.8, 4) is 0 Å². The van der Waals surface area contributed by atoms with Crippen LogP contribution in [0.2, 0.25) is 0 Å². The Balaban J connectivity index is 2.71. The number of amides is 2. The molecule has 0 aromatic heterocycles. The van der Waals surface area contributed by atoms with Gasteiger partial charge in [-0.05, 0) is 31.6 Å². The van der Waals surface area contributed by atoms with Gasteiger partial charge in [0.15, 0.2) is 0 Å². The Morgan fingerprint density at radius 3 is 2.24 bits per heavy atom. The monoisotopic (exact) mass is 310 g/mol. The molecule has 122 valence electrons. The van der Waals surface area contributed by atoms with E-state index in [-0.39, 0.29) is 12.8 Å². The molecule has 5 nitrogen and oxygen atoms in total. The van der Waals surface area contributed by atoms with E-state index in [1.807, 2.05) is 6.92 Å². The lowest BCUT2D eigenvalue weighted by Gasteiger charge is -2.38. The van der Waals surface area contributed by atoms with Crippen LogP contribution in [-0.4, -0.2) is 47.3 Å². The Kier molecular flexibility index (Phi) is 5.47. The van der Waals surface area contributed by atoms with Crippen LogP contribution in [0.4, 0.5) is 18.0 Å². The minimum Gasteiger partial charge on any atom is -0.480 e. The zero-order valence-corrected chi connectivity index (χ0v) is 12.2. The molecule has 1 fully saturated rings. The lowest BCUT2D eigenvalue weighted by molar-refractivity contribution is -0.146. The molecule has 0 aromatic carbocycles. The normalized spacial score (nSPS) is 26.2. The number of nitrogens with zero attached hydrogens (tertiary/aromatic N) is 1. The second-order valence-corrected chi connectivity index (χ2v) is 5.64. The minimum atomic E-state index is -4.51. The van der Waals surface area contributed by atoms with Crippen molar-refractivity contribution in [3.63, 3.8) is 0 Å². The minimum absolute atomic E-state index is 0.242. The summed E-state index contributed by atoms with van der Waals surface area (Å²) in [7, 11) is 0.996. The number of urea groups is 1. The third-order valence-corrected chi connectivity index (χ3v) is 4.05. The number of halogens is 3. The summed E-state index contributed by atoms with van der Waals surface area (Å²) in [6, 6.07) is -1.01. The highest BCUT2D eigenvalue weighted by molar-refractivity contribution is 5.86. The van der Waals surface area contributed by atoms with Crippen LogP contribution < -0.4 is 5.32 Å². The van der Waals surface area contributed by atoms with Gasteiger partial charge >= 0.3 is 18.2 Å². The third kappa shape index (κ3) is 4.78. The lowest BCUT2D eigenvalue weighted by atomic mass is 9.75. The molecule has 0 aromatic rings. The van der Waals surface area contributed by atoms with Crippen molar-refractivity contribution in [1.82, 2.24) is 10.2 Å². The van der Waals surface area contributed by atoms with Crippen molar-refractivity contribution in [1.29, 1.82) is 0 Å². The largest absolute Gasteiger partial charge is 0.480 e. The zero-order valence-electron chi connectivity index (χ0n) is 12.2. The number of hydrogen-bond donors (Lipinski definition) is 2. The van der Waals surface area contributed by atoms with Gasteiger partial charge in [0, 0.05) is 7.05 Å².